The van der Waals surface area contributed by atoms with Gasteiger partial charge in [0.05, 0.1) is 17.8 Å². The zero-order chi connectivity index (χ0) is 20.5. The molecular formula is C21H18ClN5O2. The second kappa shape index (κ2) is 7.52. The lowest BCUT2D eigenvalue weighted by molar-refractivity contribution is -0.115. The highest BCUT2D eigenvalue weighted by Crippen LogP contribution is 2.34. The molecule has 0 bridgehead atoms. The summed E-state index contributed by atoms with van der Waals surface area (Å²) in [6.07, 6.45) is 1.83. The predicted molar refractivity (Wildman–Crippen MR) is 113 cm³/mol. The molecule has 4 rings (SSSR count). The van der Waals surface area contributed by atoms with Crippen molar-refractivity contribution < 1.29 is 9.59 Å². The number of fused-ring (bicyclic) bond motifs is 3. The lowest BCUT2D eigenvalue weighted by Gasteiger charge is -2.12. The Bertz CT molecular complexity index is 1110. The third kappa shape index (κ3) is 3.90. The van der Waals surface area contributed by atoms with E-state index in [2.05, 4.69) is 20.6 Å². The van der Waals surface area contributed by atoms with Crippen LogP contribution in [0.5, 0.6) is 0 Å². The van der Waals surface area contributed by atoms with Gasteiger partial charge in [-0.25, -0.2) is 9.97 Å². The first-order valence-electron chi connectivity index (χ1n) is 8.95. The number of hydrogen-bond acceptors (Lipinski definition) is 5. The second-order valence-electron chi connectivity index (χ2n) is 6.88. The quantitative estimate of drug-likeness (QED) is 0.690. The van der Waals surface area contributed by atoms with Crippen molar-refractivity contribution in [2.45, 2.75) is 6.42 Å². The van der Waals surface area contributed by atoms with E-state index in [4.69, 9.17) is 11.6 Å². The van der Waals surface area contributed by atoms with Gasteiger partial charge in [-0.1, -0.05) is 11.6 Å². The molecule has 0 atom stereocenters. The summed E-state index contributed by atoms with van der Waals surface area (Å²) in [6, 6.07) is 12.4. The third-order valence-electron chi connectivity index (χ3n) is 4.52. The molecule has 1 aromatic heterocycles. The van der Waals surface area contributed by atoms with E-state index in [0.717, 1.165) is 16.8 Å². The Kier molecular flexibility index (Phi) is 4.90. The normalized spacial score (nSPS) is 12.3. The van der Waals surface area contributed by atoms with Gasteiger partial charge in [-0.15, -0.1) is 0 Å². The van der Waals surface area contributed by atoms with Gasteiger partial charge in [0.15, 0.2) is 0 Å². The van der Waals surface area contributed by atoms with Crippen molar-refractivity contribution in [2.24, 2.45) is 0 Å². The molecule has 0 spiro atoms. The molecule has 146 valence electrons. The van der Waals surface area contributed by atoms with E-state index in [1.165, 1.54) is 4.90 Å². The van der Waals surface area contributed by atoms with Gasteiger partial charge in [0.2, 0.25) is 11.9 Å². The van der Waals surface area contributed by atoms with Crippen LogP contribution < -0.4 is 10.6 Å². The van der Waals surface area contributed by atoms with Gasteiger partial charge in [0.1, 0.15) is 0 Å². The molecule has 0 unspecified atom stereocenters. The van der Waals surface area contributed by atoms with Crippen molar-refractivity contribution in [1.82, 2.24) is 14.9 Å². The molecule has 8 heteroatoms. The van der Waals surface area contributed by atoms with Gasteiger partial charge < -0.3 is 15.5 Å². The summed E-state index contributed by atoms with van der Waals surface area (Å²) in [4.78, 5) is 34.7. The standard InChI is InChI=1S/C21H18ClN5O2/c1-27(2)20(29)12-3-6-15(7-4-12)24-21-23-11-13-9-18(28)25-17-10-14(22)5-8-16(17)19(13)26-21/h3-8,10-11H,9H2,1-2H3,(H,25,28)(H,23,24,26). The molecule has 0 saturated carbocycles. The summed E-state index contributed by atoms with van der Waals surface area (Å²) in [6.45, 7) is 0. The molecule has 2 heterocycles. The highest BCUT2D eigenvalue weighted by atomic mass is 35.5. The zero-order valence-corrected chi connectivity index (χ0v) is 16.6. The largest absolute Gasteiger partial charge is 0.345 e. The summed E-state index contributed by atoms with van der Waals surface area (Å²) in [5.74, 6) is 0.189. The van der Waals surface area contributed by atoms with E-state index in [1.54, 1.807) is 56.7 Å². The van der Waals surface area contributed by atoms with Crippen LogP contribution in [0.3, 0.4) is 0 Å². The molecule has 2 N–H and O–H groups in total. The molecule has 0 saturated heterocycles. The maximum Gasteiger partial charge on any atom is 0.253 e. The third-order valence-corrected chi connectivity index (χ3v) is 4.76. The average Bonchev–Trinajstić information content (AvgIpc) is 2.82. The number of benzene rings is 2. The summed E-state index contributed by atoms with van der Waals surface area (Å²) >= 11 is 6.07. The number of hydrogen-bond donors (Lipinski definition) is 2. The fraction of sp³-hybridized carbons (Fsp3) is 0.143. The molecule has 29 heavy (non-hydrogen) atoms. The minimum atomic E-state index is -0.141. The van der Waals surface area contributed by atoms with Gasteiger partial charge in [-0.05, 0) is 42.5 Å². The fourth-order valence-electron chi connectivity index (χ4n) is 3.11. The molecule has 1 aliphatic rings. The molecule has 1 aliphatic heterocycles. The fourth-order valence-corrected chi connectivity index (χ4v) is 3.28. The van der Waals surface area contributed by atoms with Crippen LogP contribution >= 0.6 is 11.6 Å². The zero-order valence-electron chi connectivity index (χ0n) is 15.9. The summed E-state index contributed by atoms with van der Waals surface area (Å²) in [7, 11) is 3.42. The smallest absolute Gasteiger partial charge is 0.253 e. The highest BCUT2D eigenvalue weighted by molar-refractivity contribution is 6.31. The Labute approximate surface area is 172 Å². The van der Waals surface area contributed by atoms with Crippen LogP contribution in [0.15, 0.2) is 48.7 Å². The number of nitrogens with one attached hydrogen (secondary N) is 2. The molecule has 0 aliphatic carbocycles. The molecule has 2 aromatic carbocycles. The minimum Gasteiger partial charge on any atom is -0.345 e. The Morgan fingerprint density at radius 2 is 1.93 bits per heavy atom. The molecule has 3 aromatic rings. The summed E-state index contributed by atoms with van der Waals surface area (Å²) in [5.41, 5.74) is 4.16. The summed E-state index contributed by atoms with van der Waals surface area (Å²) < 4.78 is 0. The van der Waals surface area contributed by atoms with Crippen molar-refractivity contribution in [3.8, 4) is 11.3 Å². The first-order valence-corrected chi connectivity index (χ1v) is 9.33. The minimum absolute atomic E-state index is 0.0646. The van der Waals surface area contributed by atoms with E-state index in [1.807, 2.05) is 6.07 Å². The predicted octanol–water partition coefficient (Wildman–Crippen LogP) is 3.74. The van der Waals surface area contributed by atoms with E-state index in [9.17, 15) is 9.59 Å². The number of carbonyl (C=O) groups is 2. The number of anilines is 3. The Balaban J connectivity index is 1.66. The van der Waals surface area contributed by atoms with Gasteiger partial charge in [-0.2, -0.15) is 0 Å². The van der Waals surface area contributed by atoms with E-state index >= 15 is 0 Å². The summed E-state index contributed by atoms with van der Waals surface area (Å²) in [5, 5.41) is 6.54. The molecule has 2 amide bonds. The Morgan fingerprint density at radius 3 is 2.66 bits per heavy atom. The first-order chi connectivity index (χ1) is 13.9. The first kappa shape index (κ1) is 18.9. The highest BCUT2D eigenvalue weighted by Gasteiger charge is 2.21. The SMILES string of the molecule is CN(C)C(=O)c1ccc(Nc2ncc3c(n2)-c2ccc(Cl)cc2NC(=O)C3)cc1. The van der Waals surface area contributed by atoms with Crippen LogP contribution in [0.2, 0.25) is 5.02 Å². The van der Waals surface area contributed by atoms with Crippen LogP contribution in [-0.4, -0.2) is 40.8 Å². The van der Waals surface area contributed by atoms with Crippen molar-refractivity contribution >= 4 is 40.7 Å². The molecule has 0 radical (unpaired) electrons. The maximum absolute atomic E-state index is 12.2. The van der Waals surface area contributed by atoms with Crippen molar-refractivity contribution in [2.75, 3.05) is 24.7 Å². The van der Waals surface area contributed by atoms with E-state index in [0.29, 0.717) is 27.9 Å². The lowest BCUT2D eigenvalue weighted by Crippen LogP contribution is -2.21. The topological polar surface area (TPSA) is 87.2 Å². The molecule has 0 fully saturated rings. The van der Waals surface area contributed by atoms with Crippen LogP contribution in [0, 0.1) is 0 Å². The number of aromatic nitrogens is 2. The lowest BCUT2D eigenvalue weighted by atomic mass is 10.1. The van der Waals surface area contributed by atoms with Gasteiger partial charge in [0.25, 0.3) is 5.91 Å². The second-order valence-corrected chi connectivity index (χ2v) is 7.32. The Hall–Kier alpha value is -3.45. The number of amides is 2. The Morgan fingerprint density at radius 1 is 1.17 bits per heavy atom. The number of nitrogens with zero attached hydrogens (tertiary/aromatic N) is 3. The van der Waals surface area contributed by atoms with Crippen molar-refractivity contribution in [1.29, 1.82) is 0 Å². The number of carbonyl (C=O) groups excluding carboxylic acids is 2. The number of rotatable bonds is 3. The van der Waals surface area contributed by atoms with Crippen LogP contribution in [-0.2, 0) is 11.2 Å². The average molecular weight is 408 g/mol. The maximum atomic E-state index is 12.2. The van der Waals surface area contributed by atoms with Crippen LogP contribution in [0.25, 0.3) is 11.3 Å². The van der Waals surface area contributed by atoms with Gasteiger partial charge >= 0.3 is 0 Å². The van der Waals surface area contributed by atoms with E-state index < -0.39 is 0 Å². The van der Waals surface area contributed by atoms with E-state index in [-0.39, 0.29) is 18.2 Å². The molecular weight excluding hydrogens is 390 g/mol. The molecule has 7 nitrogen and oxygen atoms in total. The van der Waals surface area contributed by atoms with Gasteiger partial charge in [-0.3, -0.25) is 9.59 Å². The monoisotopic (exact) mass is 407 g/mol. The van der Waals surface area contributed by atoms with Crippen molar-refractivity contribution in [3.63, 3.8) is 0 Å². The van der Waals surface area contributed by atoms with Gasteiger partial charge in [0, 0.05) is 47.7 Å². The van der Waals surface area contributed by atoms with Crippen molar-refractivity contribution in [3.05, 3.63) is 64.8 Å². The number of halogens is 1. The van der Waals surface area contributed by atoms with Crippen LogP contribution in [0.1, 0.15) is 15.9 Å². The van der Waals surface area contributed by atoms with Crippen LogP contribution in [0.4, 0.5) is 17.3 Å².